The lowest BCUT2D eigenvalue weighted by molar-refractivity contribution is 0.376. The molecule has 1 aliphatic carbocycles. The third-order valence-corrected chi connectivity index (χ3v) is 3.87. The second kappa shape index (κ2) is 4.08. The van der Waals surface area contributed by atoms with Crippen LogP contribution in [0.4, 0.5) is 0 Å². The zero-order valence-electron chi connectivity index (χ0n) is 6.03. The quantitative estimate of drug-likeness (QED) is 0.628. The molecule has 1 rings (SSSR count). The minimum absolute atomic E-state index is 0.366. The first-order valence-corrected chi connectivity index (χ1v) is 5.74. The van der Waals surface area contributed by atoms with Gasteiger partial charge in [-0.15, -0.1) is 0 Å². The first-order chi connectivity index (χ1) is 5.00. The summed E-state index contributed by atoms with van der Waals surface area (Å²) in [6.45, 7) is 0. The van der Waals surface area contributed by atoms with Crippen LogP contribution in [0.15, 0.2) is 0 Å². The second-order valence-corrected chi connectivity index (χ2v) is 7.23. The fraction of sp³-hybridized carbons (Fsp3) is 1.00. The van der Waals surface area contributed by atoms with Crippen LogP contribution in [0.25, 0.3) is 0 Å². The molecule has 0 heterocycles. The second-order valence-electron chi connectivity index (χ2n) is 3.02. The molecule has 0 aromatic carbocycles. The molecule has 1 saturated carbocycles. The van der Waals surface area contributed by atoms with E-state index in [0.717, 1.165) is 25.7 Å². The van der Waals surface area contributed by atoms with Gasteiger partial charge in [-0.25, -0.2) is 0 Å². The largest absolute Gasteiger partial charge is 0.174 e. The van der Waals surface area contributed by atoms with Crippen LogP contribution in [-0.4, -0.2) is 8.49 Å². The predicted octanol–water partition coefficient (Wildman–Crippen LogP) is 4.27. The average molecular weight is 277 g/mol. The number of rotatable bonds is 1. The summed E-state index contributed by atoms with van der Waals surface area (Å²) in [5.41, 5.74) is 0. The Morgan fingerprint density at radius 1 is 1.18 bits per heavy atom. The van der Waals surface area contributed by atoms with E-state index in [4.69, 9.17) is 35.8 Å². The van der Waals surface area contributed by atoms with E-state index >= 15 is 0 Å². The van der Waals surface area contributed by atoms with Crippen LogP contribution in [0.1, 0.15) is 25.7 Å². The van der Waals surface area contributed by atoms with Crippen molar-refractivity contribution < 1.29 is 0 Å². The van der Waals surface area contributed by atoms with E-state index in [1.165, 1.54) is 0 Å². The van der Waals surface area contributed by atoms with Crippen LogP contribution in [0.5, 0.6) is 0 Å². The van der Waals surface area contributed by atoms with Crippen molar-refractivity contribution in [1.82, 2.24) is 0 Å². The SMILES string of the molecule is [S]C1CCC(C(Cl)(Cl)Br)CC1. The molecule has 65 valence electrons. The minimum atomic E-state index is -0.734. The number of halogens is 3. The highest BCUT2D eigenvalue weighted by molar-refractivity contribution is 9.11. The molecule has 0 bridgehead atoms. The maximum atomic E-state index is 5.91. The van der Waals surface area contributed by atoms with Crippen molar-refractivity contribution in [1.29, 1.82) is 0 Å². The molecule has 0 aromatic heterocycles. The molecule has 1 fully saturated rings. The van der Waals surface area contributed by atoms with Gasteiger partial charge in [0, 0.05) is 11.2 Å². The Morgan fingerprint density at radius 2 is 1.64 bits per heavy atom. The van der Waals surface area contributed by atoms with E-state index in [-0.39, 0.29) is 0 Å². The molecule has 0 saturated heterocycles. The first kappa shape index (κ1) is 10.5. The Bertz CT molecular complexity index is 127. The molecule has 1 aliphatic rings. The molecular formula is C7H10BrCl2S. The van der Waals surface area contributed by atoms with Crippen molar-refractivity contribution in [3.63, 3.8) is 0 Å². The third kappa shape index (κ3) is 3.33. The molecule has 0 aromatic rings. The molecule has 1 radical (unpaired) electrons. The maximum Gasteiger partial charge on any atom is 0.174 e. The number of hydrogen-bond donors (Lipinski definition) is 0. The summed E-state index contributed by atoms with van der Waals surface area (Å²) in [4.78, 5) is 0. The van der Waals surface area contributed by atoms with Crippen LogP contribution >= 0.6 is 51.8 Å². The predicted molar refractivity (Wildman–Crippen MR) is 56.7 cm³/mol. The van der Waals surface area contributed by atoms with Crippen molar-refractivity contribution in [3.05, 3.63) is 0 Å². The van der Waals surface area contributed by atoms with E-state index in [2.05, 4.69) is 15.9 Å². The highest BCUT2D eigenvalue weighted by Crippen LogP contribution is 2.45. The van der Waals surface area contributed by atoms with Crippen molar-refractivity contribution >= 4 is 51.8 Å². The molecule has 11 heavy (non-hydrogen) atoms. The van der Waals surface area contributed by atoms with Crippen LogP contribution in [0.3, 0.4) is 0 Å². The van der Waals surface area contributed by atoms with Gasteiger partial charge >= 0.3 is 0 Å². The molecule has 0 unspecified atom stereocenters. The Morgan fingerprint density at radius 3 is 2.00 bits per heavy atom. The zero-order valence-corrected chi connectivity index (χ0v) is 9.94. The highest BCUT2D eigenvalue weighted by atomic mass is 79.9. The number of alkyl halides is 3. The van der Waals surface area contributed by atoms with Crippen molar-refractivity contribution in [3.8, 4) is 0 Å². The monoisotopic (exact) mass is 275 g/mol. The van der Waals surface area contributed by atoms with Gasteiger partial charge in [-0.2, -0.15) is 0 Å². The molecule has 0 aliphatic heterocycles. The first-order valence-electron chi connectivity index (χ1n) is 3.72. The number of hydrogen-bond acceptors (Lipinski definition) is 0. The molecule has 0 N–H and O–H groups in total. The van der Waals surface area contributed by atoms with E-state index < -0.39 is 3.24 Å². The summed E-state index contributed by atoms with van der Waals surface area (Å²) < 4.78 is -0.734. The Labute approximate surface area is 91.6 Å². The molecule has 0 amide bonds. The van der Waals surface area contributed by atoms with Gasteiger partial charge in [-0.05, 0) is 41.6 Å². The molecule has 0 spiro atoms. The van der Waals surface area contributed by atoms with E-state index in [1.54, 1.807) is 0 Å². The Balaban J connectivity index is 2.39. The van der Waals surface area contributed by atoms with Gasteiger partial charge in [-0.3, -0.25) is 0 Å². The van der Waals surface area contributed by atoms with Crippen molar-refractivity contribution in [2.45, 2.75) is 34.2 Å². The van der Waals surface area contributed by atoms with Gasteiger partial charge in [0.25, 0.3) is 0 Å². The Hall–Kier alpha value is 1.41. The van der Waals surface area contributed by atoms with E-state index in [9.17, 15) is 0 Å². The van der Waals surface area contributed by atoms with Gasteiger partial charge in [0.1, 0.15) is 0 Å². The Kier molecular flexibility index (Phi) is 3.89. The fourth-order valence-corrected chi connectivity index (χ4v) is 2.56. The summed E-state index contributed by atoms with van der Waals surface area (Å²) >= 11 is 20.2. The highest BCUT2D eigenvalue weighted by Gasteiger charge is 2.34. The van der Waals surface area contributed by atoms with Gasteiger partial charge in [0.15, 0.2) is 3.24 Å². The molecule has 0 atom stereocenters. The topological polar surface area (TPSA) is 0 Å². The van der Waals surface area contributed by atoms with Crippen LogP contribution in [0, 0.1) is 5.92 Å². The van der Waals surface area contributed by atoms with Crippen LogP contribution in [0.2, 0.25) is 0 Å². The lowest BCUT2D eigenvalue weighted by Crippen LogP contribution is -2.24. The summed E-state index contributed by atoms with van der Waals surface area (Å²) in [5, 5.41) is 0.439. The molecule has 4 heteroatoms. The smallest absolute Gasteiger partial charge is 0.0904 e. The normalized spacial score (nSPS) is 33.8. The summed E-state index contributed by atoms with van der Waals surface area (Å²) in [6, 6.07) is 0. The summed E-state index contributed by atoms with van der Waals surface area (Å²) in [5.74, 6) is 0.366. The summed E-state index contributed by atoms with van der Waals surface area (Å²) in [6.07, 6.45) is 4.25. The van der Waals surface area contributed by atoms with Crippen LogP contribution in [-0.2, 0) is 0 Å². The summed E-state index contributed by atoms with van der Waals surface area (Å²) in [7, 11) is 0. The minimum Gasteiger partial charge on any atom is -0.0904 e. The van der Waals surface area contributed by atoms with Crippen LogP contribution < -0.4 is 0 Å². The fourth-order valence-electron chi connectivity index (χ4n) is 1.39. The molecular weight excluding hydrogens is 267 g/mol. The van der Waals surface area contributed by atoms with Gasteiger partial charge in [0.05, 0.1) is 0 Å². The van der Waals surface area contributed by atoms with Gasteiger partial charge in [-0.1, -0.05) is 35.8 Å². The third-order valence-electron chi connectivity index (χ3n) is 2.14. The average Bonchev–Trinajstić information content (AvgIpc) is 1.86. The zero-order chi connectivity index (χ0) is 8.48. The maximum absolute atomic E-state index is 5.91. The van der Waals surface area contributed by atoms with Gasteiger partial charge in [0.2, 0.25) is 0 Å². The van der Waals surface area contributed by atoms with Gasteiger partial charge < -0.3 is 0 Å². The standard InChI is InChI=1S/C7H10BrCl2S/c8-7(9,10)5-1-3-6(11)4-2-5/h5-6H,1-4H2. The van der Waals surface area contributed by atoms with Crippen molar-refractivity contribution in [2.24, 2.45) is 5.92 Å². The van der Waals surface area contributed by atoms with Crippen molar-refractivity contribution in [2.75, 3.05) is 0 Å². The lowest BCUT2D eigenvalue weighted by atomic mass is 9.90. The van der Waals surface area contributed by atoms with E-state index in [1.807, 2.05) is 0 Å². The lowest BCUT2D eigenvalue weighted by Gasteiger charge is -2.30. The van der Waals surface area contributed by atoms with E-state index in [0.29, 0.717) is 11.2 Å². The molecule has 0 nitrogen and oxygen atoms in total.